The topological polar surface area (TPSA) is 59.8 Å². The zero-order valence-electron chi connectivity index (χ0n) is 11.0. The highest BCUT2D eigenvalue weighted by Gasteiger charge is 2.32. The fraction of sp³-hybridized carbons (Fsp3) is 0.615. The van der Waals surface area contributed by atoms with Crippen molar-refractivity contribution in [2.75, 3.05) is 32.1 Å². The first-order valence-electron chi connectivity index (χ1n) is 6.25. The van der Waals surface area contributed by atoms with Gasteiger partial charge >= 0.3 is 0 Å². The monoisotopic (exact) mass is 251 g/mol. The van der Waals surface area contributed by atoms with Gasteiger partial charge in [-0.1, -0.05) is 0 Å². The molecule has 2 unspecified atom stereocenters. The second kappa shape index (κ2) is 5.65. The van der Waals surface area contributed by atoms with Gasteiger partial charge in [-0.2, -0.15) is 0 Å². The Morgan fingerprint density at radius 3 is 2.94 bits per heavy atom. The minimum atomic E-state index is -0.304. The summed E-state index contributed by atoms with van der Waals surface area (Å²) in [7, 11) is 4.05. The molecule has 1 fully saturated rings. The van der Waals surface area contributed by atoms with Gasteiger partial charge in [0, 0.05) is 30.9 Å². The minimum Gasteiger partial charge on any atom is -0.392 e. The summed E-state index contributed by atoms with van der Waals surface area (Å²) >= 11 is 0. The maximum absolute atomic E-state index is 9.86. The van der Waals surface area contributed by atoms with E-state index in [1.807, 2.05) is 20.2 Å². The van der Waals surface area contributed by atoms with E-state index in [4.69, 9.17) is 0 Å². The number of aromatic nitrogens is 1. The number of nitrogens with zero attached hydrogens (tertiary/aromatic N) is 3. The van der Waals surface area contributed by atoms with Crippen molar-refractivity contribution in [2.24, 2.45) is 0 Å². The molecule has 0 spiro atoms. The van der Waals surface area contributed by atoms with Crippen molar-refractivity contribution >= 4 is 5.69 Å². The quantitative estimate of drug-likeness (QED) is 0.793. The van der Waals surface area contributed by atoms with E-state index in [0.29, 0.717) is 6.54 Å². The lowest BCUT2D eigenvalue weighted by Crippen LogP contribution is -2.38. The summed E-state index contributed by atoms with van der Waals surface area (Å²) in [4.78, 5) is 8.40. The smallest absolute Gasteiger partial charge is 0.0735 e. The van der Waals surface area contributed by atoms with Gasteiger partial charge in [-0.05, 0) is 26.6 Å². The summed E-state index contributed by atoms with van der Waals surface area (Å²) in [5.41, 5.74) is 1.80. The van der Waals surface area contributed by atoms with Crippen LogP contribution in [0.3, 0.4) is 0 Å². The van der Waals surface area contributed by atoms with Crippen molar-refractivity contribution in [3.05, 3.63) is 24.0 Å². The van der Waals surface area contributed by atoms with E-state index >= 15 is 0 Å². The highest BCUT2D eigenvalue weighted by Crippen LogP contribution is 2.28. The van der Waals surface area contributed by atoms with E-state index in [2.05, 4.69) is 14.8 Å². The van der Waals surface area contributed by atoms with Crippen molar-refractivity contribution in [1.29, 1.82) is 0 Å². The Balaban J connectivity index is 2.24. The van der Waals surface area contributed by atoms with Crippen LogP contribution in [0.5, 0.6) is 0 Å². The van der Waals surface area contributed by atoms with Crippen molar-refractivity contribution in [1.82, 2.24) is 9.88 Å². The molecule has 1 aliphatic heterocycles. The third-order valence-corrected chi connectivity index (χ3v) is 3.34. The Hall–Kier alpha value is -1.17. The molecule has 0 aliphatic carbocycles. The van der Waals surface area contributed by atoms with Crippen LogP contribution < -0.4 is 4.90 Å². The molecule has 1 aliphatic rings. The van der Waals surface area contributed by atoms with E-state index in [0.717, 1.165) is 24.2 Å². The molecule has 2 heterocycles. The third kappa shape index (κ3) is 2.80. The van der Waals surface area contributed by atoms with E-state index in [9.17, 15) is 10.2 Å². The lowest BCUT2D eigenvalue weighted by atomic mass is 10.1. The average molecular weight is 251 g/mol. The lowest BCUT2D eigenvalue weighted by Gasteiger charge is -2.29. The number of rotatable bonds is 4. The van der Waals surface area contributed by atoms with Crippen LogP contribution >= 0.6 is 0 Å². The fourth-order valence-electron chi connectivity index (χ4n) is 2.59. The second-order valence-electron chi connectivity index (χ2n) is 5.12. The molecule has 2 rings (SSSR count). The van der Waals surface area contributed by atoms with Crippen LogP contribution in [-0.4, -0.2) is 59.4 Å². The number of likely N-dealkylation sites (N-methyl/N-ethyl adjacent to an activating group) is 1. The number of hydrogen-bond acceptors (Lipinski definition) is 5. The van der Waals surface area contributed by atoms with Crippen LogP contribution in [-0.2, 0) is 6.61 Å². The predicted molar refractivity (Wildman–Crippen MR) is 70.5 cm³/mol. The molecular weight excluding hydrogens is 230 g/mol. The van der Waals surface area contributed by atoms with Gasteiger partial charge in [0.05, 0.1) is 24.6 Å². The van der Waals surface area contributed by atoms with E-state index < -0.39 is 0 Å². The molecular formula is C13H21N3O2. The van der Waals surface area contributed by atoms with Crippen molar-refractivity contribution < 1.29 is 10.2 Å². The Bertz CT molecular complexity index is 398. The first-order chi connectivity index (χ1) is 8.61. The van der Waals surface area contributed by atoms with Gasteiger partial charge in [0.2, 0.25) is 0 Å². The Morgan fingerprint density at radius 2 is 2.28 bits per heavy atom. The molecule has 1 aromatic heterocycles. The van der Waals surface area contributed by atoms with E-state index in [1.165, 1.54) is 0 Å². The summed E-state index contributed by atoms with van der Waals surface area (Å²) in [6, 6.07) is 2.09. The molecule has 1 saturated heterocycles. The molecule has 0 amide bonds. The molecule has 0 radical (unpaired) electrons. The van der Waals surface area contributed by atoms with Crippen molar-refractivity contribution in [3.8, 4) is 0 Å². The molecule has 5 nitrogen and oxygen atoms in total. The summed E-state index contributed by atoms with van der Waals surface area (Å²) in [5, 5.41) is 19.3. The molecule has 2 N–H and O–H groups in total. The zero-order valence-corrected chi connectivity index (χ0v) is 11.0. The molecule has 1 aromatic rings. The van der Waals surface area contributed by atoms with Gasteiger partial charge in [0.15, 0.2) is 0 Å². The standard InChI is InChI=1S/C13H21N3O2/c1-15(2)7-11-5-12(18)8-16(11)13-6-14-4-3-10(13)9-17/h3-4,6,11-12,17-18H,5,7-9H2,1-2H3. The van der Waals surface area contributed by atoms with Gasteiger partial charge < -0.3 is 20.0 Å². The van der Waals surface area contributed by atoms with Crippen molar-refractivity contribution in [2.45, 2.75) is 25.2 Å². The molecule has 2 atom stereocenters. The lowest BCUT2D eigenvalue weighted by molar-refractivity contribution is 0.191. The van der Waals surface area contributed by atoms with Gasteiger partial charge in [-0.25, -0.2) is 0 Å². The maximum Gasteiger partial charge on any atom is 0.0735 e. The second-order valence-corrected chi connectivity index (χ2v) is 5.12. The number of β-amino-alcohol motifs (C(OH)–C–C–N with tert-alkyl or cyclic N) is 1. The van der Waals surface area contributed by atoms with Gasteiger partial charge in [0.1, 0.15) is 0 Å². The van der Waals surface area contributed by atoms with E-state index in [-0.39, 0.29) is 18.8 Å². The molecule has 0 aromatic carbocycles. The fourth-order valence-corrected chi connectivity index (χ4v) is 2.59. The Morgan fingerprint density at radius 1 is 1.50 bits per heavy atom. The molecule has 0 bridgehead atoms. The molecule has 18 heavy (non-hydrogen) atoms. The van der Waals surface area contributed by atoms with Crippen LogP contribution in [0.1, 0.15) is 12.0 Å². The Labute approximate surface area is 108 Å². The van der Waals surface area contributed by atoms with Gasteiger partial charge in [-0.3, -0.25) is 4.98 Å². The first kappa shape index (κ1) is 13.3. The Kier molecular flexibility index (Phi) is 4.16. The summed E-state index contributed by atoms with van der Waals surface area (Å²) < 4.78 is 0. The maximum atomic E-state index is 9.86. The van der Waals surface area contributed by atoms with E-state index in [1.54, 1.807) is 12.4 Å². The normalized spacial score (nSPS) is 23.9. The average Bonchev–Trinajstić information content (AvgIpc) is 2.69. The molecule has 100 valence electrons. The largest absolute Gasteiger partial charge is 0.392 e. The molecule has 5 heteroatoms. The van der Waals surface area contributed by atoms with Crippen LogP contribution in [0.2, 0.25) is 0 Å². The predicted octanol–water partition coefficient (Wildman–Crippen LogP) is 0.0751. The SMILES string of the molecule is CN(C)CC1CC(O)CN1c1cnccc1CO. The minimum absolute atomic E-state index is 0.000860. The summed E-state index contributed by atoms with van der Waals surface area (Å²) in [6.45, 7) is 1.49. The number of aliphatic hydroxyl groups is 2. The van der Waals surface area contributed by atoms with Crippen molar-refractivity contribution in [3.63, 3.8) is 0 Å². The first-order valence-corrected chi connectivity index (χ1v) is 6.25. The van der Waals surface area contributed by atoms with Crippen LogP contribution in [0.25, 0.3) is 0 Å². The highest BCUT2D eigenvalue weighted by molar-refractivity contribution is 5.53. The number of anilines is 1. The zero-order chi connectivity index (χ0) is 13.1. The van der Waals surface area contributed by atoms with Crippen LogP contribution in [0.4, 0.5) is 5.69 Å². The van der Waals surface area contributed by atoms with Gasteiger partial charge in [0.25, 0.3) is 0 Å². The summed E-state index contributed by atoms with van der Waals surface area (Å²) in [6.07, 6.45) is 3.91. The number of pyridine rings is 1. The highest BCUT2D eigenvalue weighted by atomic mass is 16.3. The number of hydrogen-bond donors (Lipinski definition) is 2. The number of aliphatic hydroxyl groups excluding tert-OH is 2. The third-order valence-electron chi connectivity index (χ3n) is 3.34. The van der Waals surface area contributed by atoms with Crippen LogP contribution in [0.15, 0.2) is 18.5 Å². The molecule has 0 saturated carbocycles. The summed E-state index contributed by atoms with van der Waals surface area (Å²) in [5.74, 6) is 0. The van der Waals surface area contributed by atoms with Crippen LogP contribution in [0, 0.1) is 0 Å². The van der Waals surface area contributed by atoms with Gasteiger partial charge in [-0.15, -0.1) is 0 Å².